The average molecular weight is 243 g/mol. The van der Waals surface area contributed by atoms with Gasteiger partial charge in [0, 0.05) is 0 Å². The first-order valence-electron chi connectivity index (χ1n) is 5.84. The molecule has 0 aliphatic carbocycles. The highest BCUT2D eigenvalue weighted by Gasteiger charge is 2.42. The molecule has 0 spiro atoms. The summed E-state index contributed by atoms with van der Waals surface area (Å²) in [5.74, 6) is -0.162. The minimum absolute atomic E-state index is 0.0144. The maximum absolute atomic E-state index is 12.1. The van der Waals surface area contributed by atoms with Gasteiger partial charge in [-0.2, -0.15) is 0 Å². The van der Waals surface area contributed by atoms with Crippen LogP contribution in [0.1, 0.15) is 27.2 Å². The Morgan fingerprint density at radius 3 is 2.41 bits per heavy atom. The number of β-amino-alcohol motifs (C(OH)–C–C–N with tert-alkyl or cyclic N) is 1. The molecule has 6 heteroatoms. The summed E-state index contributed by atoms with van der Waals surface area (Å²) >= 11 is 0. The number of nitrogens with one attached hydrogen (secondary N) is 1. The zero-order valence-electron chi connectivity index (χ0n) is 10.6. The molecule has 2 unspecified atom stereocenters. The van der Waals surface area contributed by atoms with Gasteiger partial charge in [0.1, 0.15) is 6.04 Å². The zero-order valence-corrected chi connectivity index (χ0v) is 10.6. The van der Waals surface area contributed by atoms with Crippen LogP contribution in [0.25, 0.3) is 0 Å². The maximum atomic E-state index is 12.1. The van der Waals surface area contributed by atoms with Crippen LogP contribution < -0.4 is 11.1 Å². The van der Waals surface area contributed by atoms with E-state index in [0.29, 0.717) is 13.1 Å². The number of hydrogen-bond acceptors (Lipinski definition) is 3. The number of aliphatic hydroxyl groups is 1. The maximum Gasteiger partial charge on any atom is 0.312 e. The molecule has 6 nitrogen and oxygen atoms in total. The molecule has 0 bridgehead atoms. The minimum Gasteiger partial charge on any atom is -0.386 e. The first kappa shape index (κ1) is 13.8. The number of nitrogens with two attached hydrogens (primary N) is 1. The lowest BCUT2D eigenvalue weighted by Gasteiger charge is -2.46. The summed E-state index contributed by atoms with van der Waals surface area (Å²) in [4.78, 5) is 24.5. The first-order valence-corrected chi connectivity index (χ1v) is 5.84. The molecule has 0 radical (unpaired) electrons. The third-order valence-electron chi connectivity index (χ3n) is 3.15. The summed E-state index contributed by atoms with van der Waals surface area (Å²) in [6, 6.07) is -1.30. The number of rotatable bonds is 4. The van der Waals surface area contributed by atoms with Gasteiger partial charge in [-0.05, 0) is 12.8 Å². The number of primary amides is 1. The summed E-state index contributed by atoms with van der Waals surface area (Å²) in [6.07, 6.45) is 0.765. The lowest BCUT2D eigenvalue weighted by Crippen LogP contribution is -2.66. The highest BCUT2D eigenvalue weighted by atomic mass is 16.3. The molecule has 17 heavy (non-hydrogen) atoms. The molecular weight excluding hydrogens is 222 g/mol. The van der Waals surface area contributed by atoms with Crippen molar-refractivity contribution in [3.8, 4) is 0 Å². The van der Waals surface area contributed by atoms with Gasteiger partial charge in [-0.1, -0.05) is 20.3 Å². The van der Waals surface area contributed by atoms with Gasteiger partial charge in [0.05, 0.1) is 18.7 Å². The summed E-state index contributed by atoms with van der Waals surface area (Å²) < 4.78 is 0. The third-order valence-corrected chi connectivity index (χ3v) is 3.15. The Labute approximate surface area is 101 Å². The Morgan fingerprint density at radius 1 is 1.53 bits per heavy atom. The Kier molecular flexibility index (Phi) is 3.98. The van der Waals surface area contributed by atoms with Gasteiger partial charge in [-0.15, -0.1) is 0 Å². The molecular formula is C11H21N3O3. The molecule has 1 aliphatic heterocycles. The lowest BCUT2D eigenvalue weighted by molar-refractivity contribution is -0.155. The van der Waals surface area contributed by atoms with Crippen molar-refractivity contribution in [2.45, 2.75) is 38.8 Å². The van der Waals surface area contributed by atoms with Crippen molar-refractivity contribution in [1.82, 2.24) is 10.2 Å². The predicted molar refractivity (Wildman–Crippen MR) is 63.2 cm³/mol. The first-order chi connectivity index (χ1) is 7.76. The molecule has 1 rings (SSSR count). The van der Waals surface area contributed by atoms with Crippen LogP contribution in [0.4, 0.5) is 4.79 Å². The van der Waals surface area contributed by atoms with Gasteiger partial charge in [-0.25, -0.2) is 4.79 Å². The van der Waals surface area contributed by atoms with Crippen LogP contribution in [0.5, 0.6) is 0 Å². The normalized spacial score (nSPS) is 21.3. The van der Waals surface area contributed by atoms with Crippen molar-refractivity contribution in [3.63, 3.8) is 0 Å². The topological polar surface area (TPSA) is 95.7 Å². The van der Waals surface area contributed by atoms with Gasteiger partial charge < -0.3 is 21.1 Å². The highest BCUT2D eigenvalue weighted by Crippen LogP contribution is 2.22. The quantitative estimate of drug-likeness (QED) is 0.630. The number of likely N-dealkylation sites (tertiary alicyclic amines) is 1. The Bertz CT molecular complexity index is 309. The number of carbonyl (C=O) groups excluding carboxylic acids is 2. The van der Waals surface area contributed by atoms with Gasteiger partial charge >= 0.3 is 6.03 Å². The Morgan fingerprint density at radius 2 is 2.06 bits per heavy atom. The highest BCUT2D eigenvalue weighted by molar-refractivity contribution is 5.87. The van der Waals surface area contributed by atoms with E-state index in [0.717, 1.165) is 6.42 Å². The van der Waals surface area contributed by atoms with Crippen LogP contribution in [-0.4, -0.2) is 46.7 Å². The molecule has 1 saturated heterocycles. The molecule has 0 aromatic heterocycles. The van der Waals surface area contributed by atoms with Crippen LogP contribution in [0, 0.1) is 5.92 Å². The summed E-state index contributed by atoms with van der Waals surface area (Å²) in [7, 11) is 0. The van der Waals surface area contributed by atoms with Gasteiger partial charge in [0.25, 0.3) is 0 Å². The fourth-order valence-electron chi connectivity index (χ4n) is 1.96. The molecule has 2 atom stereocenters. The van der Waals surface area contributed by atoms with Gasteiger partial charge in [0.2, 0.25) is 5.91 Å². The molecule has 3 amide bonds. The second-order valence-corrected chi connectivity index (χ2v) is 5.06. The number of urea groups is 1. The van der Waals surface area contributed by atoms with Crippen molar-refractivity contribution in [3.05, 3.63) is 0 Å². The minimum atomic E-state index is -0.803. The third kappa shape index (κ3) is 3.33. The molecule has 4 N–H and O–H groups in total. The average Bonchev–Trinajstić information content (AvgIpc) is 2.20. The second-order valence-electron chi connectivity index (χ2n) is 5.06. The smallest absolute Gasteiger partial charge is 0.312 e. The zero-order chi connectivity index (χ0) is 13.2. The van der Waals surface area contributed by atoms with Crippen molar-refractivity contribution < 1.29 is 14.7 Å². The number of amides is 3. The van der Waals surface area contributed by atoms with E-state index in [1.165, 1.54) is 4.90 Å². The summed E-state index contributed by atoms with van der Waals surface area (Å²) in [5.41, 5.74) is 4.26. The fourth-order valence-corrected chi connectivity index (χ4v) is 1.96. The van der Waals surface area contributed by atoms with Crippen molar-refractivity contribution in [2.24, 2.45) is 11.7 Å². The van der Waals surface area contributed by atoms with Crippen LogP contribution in [0.2, 0.25) is 0 Å². The van der Waals surface area contributed by atoms with Crippen LogP contribution in [0.3, 0.4) is 0 Å². The van der Waals surface area contributed by atoms with Crippen LogP contribution >= 0.6 is 0 Å². The molecule has 1 heterocycles. The van der Waals surface area contributed by atoms with Crippen molar-refractivity contribution in [2.75, 3.05) is 13.1 Å². The van der Waals surface area contributed by atoms with E-state index in [1.807, 2.05) is 13.8 Å². The second kappa shape index (κ2) is 4.91. The van der Waals surface area contributed by atoms with E-state index in [4.69, 9.17) is 5.73 Å². The van der Waals surface area contributed by atoms with Crippen molar-refractivity contribution >= 4 is 11.9 Å². The van der Waals surface area contributed by atoms with Gasteiger partial charge in [-0.3, -0.25) is 4.79 Å². The summed E-state index contributed by atoms with van der Waals surface area (Å²) in [6.45, 7) is 6.12. The van der Waals surface area contributed by atoms with E-state index in [2.05, 4.69) is 5.32 Å². The van der Waals surface area contributed by atoms with E-state index < -0.39 is 17.7 Å². The van der Waals surface area contributed by atoms with Gasteiger partial charge in [0.15, 0.2) is 0 Å². The van der Waals surface area contributed by atoms with Crippen LogP contribution in [-0.2, 0) is 4.79 Å². The number of hydrogen-bond donors (Lipinski definition) is 3. The lowest BCUT2D eigenvalue weighted by atomic mass is 9.92. The Balaban J connectivity index is 2.64. The standard InChI is InChI=1S/C11H21N3O3/c1-4-7(2)8(13-10(12)16)9(15)14-5-11(3,17)6-14/h7-8,17H,4-6H2,1-3H3,(H3,12,13,16). The monoisotopic (exact) mass is 243 g/mol. The SMILES string of the molecule is CCC(C)C(NC(N)=O)C(=O)N1CC(C)(O)C1. The molecule has 1 fully saturated rings. The van der Waals surface area contributed by atoms with E-state index in [-0.39, 0.29) is 11.8 Å². The summed E-state index contributed by atoms with van der Waals surface area (Å²) in [5, 5.41) is 12.1. The van der Waals surface area contributed by atoms with E-state index in [9.17, 15) is 14.7 Å². The molecule has 0 saturated carbocycles. The largest absolute Gasteiger partial charge is 0.386 e. The van der Waals surface area contributed by atoms with E-state index >= 15 is 0 Å². The molecule has 98 valence electrons. The van der Waals surface area contributed by atoms with Crippen molar-refractivity contribution in [1.29, 1.82) is 0 Å². The Hall–Kier alpha value is -1.30. The number of nitrogens with zero attached hydrogens (tertiary/aromatic N) is 1. The van der Waals surface area contributed by atoms with E-state index in [1.54, 1.807) is 6.92 Å². The molecule has 1 aliphatic rings. The fraction of sp³-hybridized carbons (Fsp3) is 0.818. The van der Waals surface area contributed by atoms with Crippen LogP contribution in [0.15, 0.2) is 0 Å². The number of carbonyl (C=O) groups is 2. The predicted octanol–water partition coefficient (Wildman–Crippen LogP) is -0.337. The molecule has 0 aromatic carbocycles. The molecule has 0 aromatic rings.